The Kier molecular flexibility index (Phi) is 4.08. The molecule has 4 rings (SSSR count). The number of hydrogen-bond donors (Lipinski definition) is 4. The van der Waals surface area contributed by atoms with Crippen molar-refractivity contribution in [3.63, 3.8) is 0 Å². The number of fused-ring (bicyclic) bond motifs is 5. The van der Waals surface area contributed by atoms with Crippen LogP contribution in [0, 0.1) is 28.6 Å². The Bertz CT molecular complexity index is 730. The molecule has 0 aromatic carbocycles. The first kappa shape index (κ1) is 19.2. The number of ketones is 2. The SMILES string of the molecule is CC(=O)[C@H]1CC[C@@]2(O)C3=CC(=O)[C@@H]4C[C@@H](O)[C@@H](O)C[C@]4(C)[C@H]3[C@H](O)C[C@]12C. The molecule has 0 saturated heterocycles. The van der Waals surface area contributed by atoms with Crippen molar-refractivity contribution >= 4 is 11.6 Å². The molecule has 3 saturated carbocycles. The average Bonchev–Trinajstić information content (AvgIpc) is 2.82. The molecule has 0 unspecified atom stereocenters. The molecular formula is C21H30O6. The minimum Gasteiger partial charge on any atom is -0.392 e. The number of allylic oxidation sites excluding steroid dienone is 1. The highest BCUT2D eigenvalue weighted by Crippen LogP contribution is 2.67. The van der Waals surface area contributed by atoms with Gasteiger partial charge in [-0.3, -0.25) is 9.59 Å². The standard InChI is InChI=1S/C21H30O6/c1-10(22)11-4-5-21(27)13-7-14(23)12-6-15(24)16(25)8-19(12,2)18(13)17(26)9-20(11,21)3/h7,11-12,15-18,24-27H,4-6,8-9H2,1-3H3/t11-,12+,15-,16+,17-,18-,19+,20-,21-/m1/s1. The van der Waals surface area contributed by atoms with Gasteiger partial charge in [-0.1, -0.05) is 13.8 Å². The van der Waals surface area contributed by atoms with Crippen molar-refractivity contribution in [3.8, 4) is 0 Å². The van der Waals surface area contributed by atoms with Crippen LogP contribution >= 0.6 is 0 Å². The topological polar surface area (TPSA) is 115 Å². The molecule has 0 aromatic rings. The molecule has 4 N–H and O–H groups in total. The lowest BCUT2D eigenvalue weighted by atomic mass is 9.45. The molecule has 0 bridgehead atoms. The van der Waals surface area contributed by atoms with E-state index in [4.69, 9.17) is 0 Å². The van der Waals surface area contributed by atoms with Crippen LogP contribution in [0.2, 0.25) is 0 Å². The molecule has 0 amide bonds. The van der Waals surface area contributed by atoms with Crippen molar-refractivity contribution in [2.45, 2.75) is 76.8 Å². The van der Waals surface area contributed by atoms with Crippen LogP contribution in [-0.4, -0.2) is 55.9 Å². The van der Waals surface area contributed by atoms with Crippen molar-refractivity contribution in [2.24, 2.45) is 28.6 Å². The van der Waals surface area contributed by atoms with Gasteiger partial charge >= 0.3 is 0 Å². The molecule has 4 aliphatic rings. The molecular weight excluding hydrogens is 348 g/mol. The maximum Gasteiger partial charge on any atom is 0.159 e. The van der Waals surface area contributed by atoms with Gasteiger partial charge in [-0.25, -0.2) is 0 Å². The summed E-state index contributed by atoms with van der Waals surface area (Å²) in [6, 6.07) is 0. The van der Waals surface area contributed by atoms with E-state index in [1.54, 1.807) is 0 Å². The van der Waals surface area contributed by atoms with E-state index in [2.05, 4.69) is 0 Å². The van der Waals surface area contributed by atoms with Gasteiger partial charge < -0.3 is 20.4 Å². The van der Waals surface area contributed by atoms with E-state index in [0.29, 0.717) is 18.4 Å². The van der Waals surface area contributed by atoms with Gasteiger partial charge in [0.2, 0.25) is 0 Å². The molecule has 4 aliphatic carbocycles. The molecule has 6 nitrogen and oxygen atoms in total. The number of aliphatic hydroxyl groups excluding tert-OH is 3. The van der Waals surface area contributed by atoms with Crippen LogP contribution < -0.4 is 0 Å². The zero-order chi connectivity index (χ0) is 19.9. The number of carbonyl (C=O) groups is 2. The van der Waals surface area contributed by atoms with Gasteiger partial charge in [0.1, 0.15) is 5.78 Å². The highest BCUT2D eigenvalue weighted by Gasteiger charge is 2.69. The Morgan fingerprint density at radius 2 is 1.78 bits per heavy atom. The van der Waals surface area contributed by atoms with E-state index in [1.807, 2.05) is 13.8 Å². The van der Waals surface area contributed by atoms with Gasteiger partial charge in [0.25, 0.3) is 0 Å². The third kappa shape index (κ3) is 2.27. The molecule has 0 aromatic heterocycles. The van der Waals surface area contributed by atoms with Crippen molar-refractivity contribution in [1.29, 1.82) is 0 Å². The minimum atomic E-state index is -1.31. The Morgan fingerprint density at radius 3 is 2.41 bits per heavy atom. The second-order valence-corrected chi connectivity index (χ2v) is 9.86. The third-order valence-corrected chi connectivity index (χ3v) is 8.55. The van der Waals surface area contributed by atoms with E-state index in [9.17, 15) is 30.0 Å². The fraction of sp³-hybridized carbons (Fsp3) is 0.810. The minimum absolute atomic E-state index is 0.00195. The molecule has 6 heteroatoms. The summed E-state index contributed by atoms with van der Waals surface area (Å²) in [5.74, 6) is -1.46. The number of aliphatic hydroxyl groups is 4. The van der Waals surface area contributed by atoms with Crippen LogP contribution in [0.25, 0.3) is 0 Å². The second-order valence-electron chi connectivity index (χ2n) is 9.86. The third-order valence-electron chi connectivity index (χ3n) is 8.55. The average molecular weight is 378 g/mol. The first-order valence-electron chi connectivity index (χ1n) is 9.98. The molecule has 0 radical (unpaired) electrons. The molecule has 27 heavy (non-hydrogen) atoms. The largest absolute Gasteiger partial charge is 0.392 e. The summed E-state index contributed by atoms with van der Waals surface area (Å²) in [4.78, 5) is 25.2. The molecule has 9 atom stereocenters. The first-order chi connectivity index (χ1) is 12.5. The van der Waals surface area contributed by atoms with Gasteiger partial charge in [-0.15, -0.1) is 0 Å². The Morgan fingerprint density at radius 1 is 1.11 bits per heavy atom. The summed E-state index contributed by atoms with van der Waals surface area (Å²) in [6.07, 6.45) is 0.324. The number of carbonyl (C=O) groups excluding carboxylic acids is 2. The second kappa shape index (κ2) is 5.72. The molecule has 3 fully saturated rings. The summed E-state index contributed by atoms with van der Waals surface area (Å²) < 4.78 is 0. The Labute approximate surface area is 159 Å². The number of Topliss-reactive ketones (excluding diaryl/α,β-unsaturated/α-hetero) is 1. The summed E-state index contributed by atoms with van der Waals surface area (Å²) >= 11 is 0. The predicted octanol–water partition coefficient (Wildman–Crippen LogP) is 0.751. The van der Waals surface area contributed by atoms with Crippen molar-refractivity contribution in [2.75, 3.05) is 0 Å². The number of rotatable bonds is 1. The van der Waals surface area contributed by atoms with Crippen molar-refractivity contribution in [3.05, 3.63) is 11.6 Å². The highest BCUT2D eigenvalue weighted by atomic mass is 16.3. The normalized spacial score (nSPS) is 54.6. The molecule has 0 aliphatic heterocycles. The van der Waals surface area contributed by atoms with Gasteiger partial charge in [-0.05, 0) is 56.1 Å². The van der Waals surface area contributed by atoms with E-state index >= 15 is 0 Å². The van der Waals surface area contributed by atoms with E-state index in [1.165, 1.54) is 13.0 Å². The zero-order valence-electron chi connectivity index (χ0n) is 16.2. The van der Waals surface area contributed by atoms with Crippen LogP contribution in [0.5, 0.6) is 0 Å². The summed E-state index contributed by atoms with van der Waals surface area (Å²) in [5, 5.41) is 43.3. The molecule has 0 heterocycles. The lowest BCUT2D eigenvalue weighted by Gasteiger charge is -2.61. The lowest BCUT2D eigenvalue weighted by Crippen LogP contribution is -2.64. The van der Waals surface area contributed by atoms with Gasteiger partial charge in [0.05, 0.1) is 23.9 Å². The monoisotopic (exact) mass is 378 g/mol. The summed E-state index contributed by atoms with van der Waals surface area (Å²) in [7, 11) is 0. The summed E-state index contributed by atoms with van der Waals surface area (Å²) in [5.41, 5.74) is -2.32. The Balaban J connectivity index is 1.85. The van der Waals surface area contributed by atoms with Gasteiger partial charge in [0, 0.05) is 23.2 Å². The van der Waals surface area contributed by atoms with Crippen LogP contribution in [0.15, 0.2) is 11.6 Å². The van der Waals surface area contributed by atoms with Crippen LogP contribution in [0.4, 0.5) is 0 Å². The van der Waals surface area contributed by atoms with E-state index < -0.39 is 46.6 Å². The van der Waals surface area contributed by atoms with Crippen molar-refractivity contribution < 1.29 is 30.0 Å². The van der Waals surface area contributed by atoms with Crippen molar-refractivity contribution in [1.82, 2.24) is 0 Å². The highest BCUT2D eigenvalue weighted by molar-refractivity contribution is 5.95. The van der Waals surface area contributed by atoms with E-state index in [-0.39, 0.29) is 36.7 Å². The fourth-order valence-corrected chi connectivity index (χ4v) is 7.14. The molecule has 150 valence electrons. The maximum atomic E-state index is 13.0. The van der Waals surface area contributed by atoms with Crippen LogP contribution in [-0.2, 0) is 9.59 Å². The summed E-state index contributed by atoms with van der Waals surface area (Å²) in [6.45, 7) is 5.26. The smallest absolute Gasteiger partial charge is 0.159 e. The predicted molar refractivity (Wildman–Crippen MR) is 96.5 cm³/mol. The fourth-order valence-electron chi connectivity index (χ4n) is 7.14. The van der Waals surface area contributed by atoms with Crippen LogP contribution in [0.1, 0.15) is 52.9 Å². The quantitative estimate of drug-likeness (QED) is 0.535. The maximum absolute atomic E-state index is 13.0. The van der Waals surface area contributed by atoms with Crippen LogP contribution in [0.3, 0.4) is 0 Å². The lowest BCUT2D eigenvalue weighted by molar-refractivity contribution is -0.173. The van der Waals surface area contributed by atoms with Gasteiger partial charge in [-0.2, -0.15) is 0 Å². The first-order valence-corrected chi connectivity index (χ1v) is 9.98. The molecule has 0 spiro atoms. The van der Waals surface area contributed by atoms with E-state index in [0.717, 1.165) is 0 Å². The zero-order valence-corrected chi connectivity index (χ0v) is 16.2. The van der Waals surface area contributed by atoms with Gasteiger partial charge in [0.15, 0.2) is 5.78 Å². The number of hydrogen-bond acceptors (Lipinski definition) is 6. The Hall–Kier alpha value is -1.08.